The Morgan fingerprint density at radius 2 is 2.00 bits per heavy atom. The molecule has 2 heterocycles. The number of Topliss-reactive ketones (excluding diaryl/α,β-unsaturated/α-hetero) is 1. The number of hydrogen-bond donors (Lipinski definition) is 0. The van der Waals surface area contributed by atoms with E-state index in [4.69, 9.17) is 0 Å². The Bertz CT molecular complexity index is 961. The molecule has 0 N–H and O–H groups in total. The lowest BCUT2D eigenvalue weighted by molar-refractivity contribution is 0.102. The number of ketones is 1. The average molecular weight is 372 g/mol. The molecule has 26 heavy (non-hydrogen) atoms. The van der Waals surface area contributed by atoms with Crippen LogP contribution in [-0.4, -0.2) is 30.9 Å². The van der Waals surface area contributed by atoms with Crippen molar-refractivity contribution in [3.63, 3.8) is 0 Å². The van der Waals surface area contributed by atoms with Crippen molar-refractivity contribution < 1.29 is 9.18 Å². The van der Waals surface area contributed by atoms with Crippen LogP contribution in [0.1, 0.15) is 34.5 Å². The van der Waals surface area contributed by atoms with E-state index >= 15 is 0 Å². The van der Waals surface area contributed by atoms with Gasteiger partial charge in [0.15, 0.2) is 10.9 Å². The van der Waals surface area contributed by atoms with Gasteiger partial charge >= 0.3 is 0 Å². The molecule has 136 valence electrons. The van der Waals surface area contributed by atoms with Crippen LogP contribution in [0.2, 0.25) is 0 Å². The highest BCUT2D eigenvalue weighted by Crippen LogP contribution is 2.24. The molecule has 0 unspecified atom stereocenters. The van der Waals surface area contributed by atoms with Gasteiger partial charge in [-0.2, -0.15) is 0 Å². The van der Waals surface area contributed by atoms with Gasteiger partial charge in [0.1, 0.15) is 11.6 Å². The number of hydrogen-bond acceptors (Lipinski definition) is 4. The summed E-state index contributed by atoms with van der Waals surface area (Å²) in [6, 6.07) is 8.23. The van der Waals surface area contributed by atoms with Crippen molar-refractivity contribution in [2.24, 2.45) is 7.05 Å². The first-order valence-electron chi connectivity index (χ1n) is 8.41. The van der Waals surface area contributed by atoms with Gasteiger partial charge in [-0.05, 0) is 38.1 Å². The summed E-state index contributed by atoms with van der Waals surface area (Å²) >= 11 is 1.38. The van der Waals surface area contributed by atoms with Gasteiger partial charge in [0.2, 0.25) is 0 Å². The molecule has 5 nitrogen and oxygen atoms in total. The van der Waals surface area contributed by atoms with Crippen molar-refractivity contribution in [3.8, 4) is 5.69 Å². The van der Waals surface area contributed by atoms with Gasteiger partial charge in [0.05, 0.1) is 5.75 Å². The summed E-state index contributed by atoms with van der Waals surface area (Å²) in [5, 5.41) is 8.97. The Labute approximate surface area is 156 Å². The zero-order valence-corrected chi connectivity index (χ0v) is 16.1. The van der Waals surface area contributed by atoms with Gasteiger partial charge in [-0.1, -0.05) is 24.8 Å². The van der Waals surface area contributed by atoms with E-state index in [0.29, 0.717) is 11.3 Å². The monoisotopic (exact) mass is 372 g/mol. The van der Waals surface area contributed by atoms with Crippen molar-refractivity contribution in [3.05, 3.63) is 58.9 Å². The number of nitrogens with zero attached hydrogens (tertiary/aromatic N) is 4. The van der Waals surface area contributed by atoms with Crippen LogP contribution < -0.4 is 0 Å². The van der Waals surface area contributed by atoms with E-state index in [0.717, 1.165) is 28.8 Å². The standard InChI is InChI=1S/C19H21FN4OS/c1-5-18-21-22-19(23(18)4)26-11-17(25)16-9-12(2)24(13(16)3)15-8-6-7-14(20)10-15/h6-10H,5,11H2,1-4H3. The zero-order valence-electron chi connectivity index (χ0n) is 15.3. The molecule has 0 fully saturated rings. The average Bonchev–Trinajstić information content (AvgIpc) is 3.12. The third kappa shape index (κ3) is 3.44. The van der Waals surface area contributed by atoms with Crippen molar-refractivity contribution >= 4 is 17.5 Å². The fourth-order valence-electron chi connectivity index (χ4n) is 3.04. The van der Waals surface area contributed by atoms with E-state index in [2.05, 4.69) is 10.2 Å². The number of carbonyl (C=O) groups excluding carboxylic acids is 1. The third-order valence-corrected chi connectivity index (χ3v) is 5.39. The van der Waals surface area contributed by atoms with Gasteiger partial charge in [-0.25, -0.2) is 4.39 Å². The fraction of sp³-hybridized carbons (Fsp3) is 0.316. The Balaban J connectivity index is 1.82. The summed E-state index contributed by atoms with van der Waals surface area (Å²) in [6.45, 7) is 5.82. The molecule has 0 spiro atoms. The van der Waals surface area contributed by atoms with Crippen molar-refractivity contribution in [2.75, 3.05) is 5.75 Å². The van der Waals surface area contributed by atoms with Crippen molar-refractivity contribution in [2.45, 2.75) is 32.3 Å². The highest BCUT2D eigenvalue weighted by molar-refractivity contribution is 7.99. The second-order valence-corrected chi connectivity index (χ2v) is 7.07. The van der Waals surface area contributed by atoms with E-state index in [1.165, 1.54) is 23.9 Å². The second kappa shape index (κ2) is 7.45. The molecule has 1 aromatic carbocycles. The van der Waals surface area contributed by atoms with E-state index in [1.807, 2.05) is 49.1 Å². The number of rotatable bonds is 6. The largest absolute Gasteiger partial charge is 0.318 e. The summed E-state index contributed by atoms with van der Waals surface area (Å²) in [5.74, 6) is 0.895. The summed E-state index contributed by atoms with van der Waals surface area (Å²) in [5.41, 5.74) is 3.07. The third-order valence-electron chi connectivity index (χ3n) is 4.37. The predicted molar refractivity (Wildman–Crippen MR) is 101 cm³/mol. The second-order valence-electron chi connectivity index (χ2n) is 6.12. The SMILES string of the molecule is CCc1nnc(SCC(=O)c2cc(C)n(-c3cccc(F)c3)c2C)n1C. The summed E-state index contributed by atoms with van der Waals surface area (Å²) in [4.78, 5) is 12.7. The first-order valence-corrected chi connectivity index (χ1v) is 9.40. The molecular formula is C19H21FN4OS. The van der Waals surface area contributed by atoms with Crippen LogP contribution in [0.5, 0.6) is 0 Å². The molecule has 0 aliphatic rings. The lowest BCUT2D eigenvalue weighted by atomic mass is 10.2. The van der Waals surface area contributed by atoms with Gasteiger partial charge in [-0.15, -0.1) is 10.2 Å². The minimum absolute atomic E-state index is 0.0202. The van der Waals surface area contributed by atoms with Gasteiger partial charge in [-0.3, -0.25) is 4.79 Å². The molecule has 0 amide bonds. The zero-order chi connectivity index (χ0) is 18.8. The first-order chi connectivity index (χ1) is 12.4. The minimum atomic E-state index is -0.299. The Kier molecular flexibility index (Phi) is 5.27. The Morgan fingerprint density at radius 3 is 2.65 bits per heavy atom. The maximum Gasteiger partial charge on any atom is 0.191 e. The van der Waals surface area contributed by atoms with Crippen LogP contribution in [0.3, 0.4) is 0 Å². The number of thioether (sulfide) groups is 1. The van der Waals surface area contributed by atoms with Crippen molar-refractivity contribution in [1.29, 1.82) is 0 Å². The number of aryl methyl sites for hydroxylation is 2. The molecule has 0 saturated carbocycles. The van der Waals surface area contributed by atoms with E-state index in [9.17, 15) is 9.18 Å². The number of halogens is 1. The molecular weight excluding hydrogens is 351 g/mol. The van der Waals surface area contributed by atoms with Crippen molar-refractivity contribution in [1.82, 2.24) is 19.3 Å². The lowest BCUT2D eigenvalue weighted by Crippen LogP contribution is -2.07. The van der Waals surface area contributed by atoms with Gasteiger partial charge in [0.25, 0.3) is 0 Å². The van der Waals surface area contributed by atoms with E-state index in [-0.39, 0.29) is 17.4 Å². The molecule has 0 saturated heterocycles. The molecule has 0 bridgehead atoms. The number of carbonyl (C=O) groups is 1. The number of aromatic nitrogens is 4. The molecule has 3 rings (SSSR count). The highest BCUT2D eigenvalue weighted by Gasteiger charge is 2.18. The first kappa shape index (κ1) is 18.4. The molecule has 0 aliphatic heterocycles. The van der Waals surface area contributed by atoms with Crippen LogP contribution in [0.4, 0.5) is 4.39 Å². The quantitative estimate of drug-likeness (QED) is 0.486. The molecule has 0 radical (unpaired) electrons. The van der Waals surface area contributed by atoms with Crippen LogP contribution >= 0.6 is 11.8 Å². The smallest absolute Gasteiger partial charge is 0.191 e. The van der Waals surface area contributed by atoms with E-state index < -0.39 is 0 Å². The predicted octanol–water partition coefficient (Wildman–Crippen LogP) is 3.90. The topological polar surface area (TPSA) is 52.7 Å². The number of benzene rings is 1. The summed E-state index contributed by atoms with van der Waals surface area (Å²) in [7, 11) is 1.90. The fourth-order valence-corrected chi connectivity index (χ4v) is 3.86. The maximum atomic E-state index is 13.6. The minimum Gasteiger partial charge on any atom is -0.318 e. The van der Waals surface area contributed by atoms with Crippen LogP contribution in [0.15, 0.2) is 35.5 Å². The molecule has 3 aromatic rings. The normalized spacial score (nSPS) is 11.1. The Hall–Kier alpha value is -2.41. The summed E-state index contributed by atoms with van der Waals surface area (Å²) in [6.07, 6.45) is 0.798. The van der Waals surface area contributed by atoms with Crippen LogP contribution in [0, 0.1) is 19.7 Å². The van der Waals surface area contributed by atoms with Gasteiger partial charge < -0.3 is 9.13 Å². The van der Waals surface area contributed by atoms with Crippen LogP contribution in [0.25, 0.3) is 5.69 Å². The molecule has 2 aromatic heterocycles. The van der Waals surface area contributed by atoms with Gasteiger partial charge in [0, 0.05) is 36.1 Å². The summed E-state index contributed by atoms with van der Waals surface area (Å²) < 4.78 is 17.4. The maximum absolute atomic E-state index is 13.6. The lowest BCUT2D eigenvalue weighted by Gasteiger charge is -2.10. The Morgan fingerprint density at radius 1 is 1.23 bits per heavy atom. The highest BCUT2D eigenvalue weighted by atomic mass is 32.2. The molecule has 0 atom stereocenters. The molecule has 0 aliphatic carbocycles. The molecule has 7 heteroatoms. The van der Waals surface area contributed by atoms with Crippen LogP contribution in [-0.2, 0) is 13.5 Å². The van der Waals surface area contributed by atoms with E-state index in [1.54, 1.807) is 6.07 Å².